The van der Waals surface area contributed by atoms with Gasteiger partial charge in [-0.3, -0.25) is 0 Å². The van der Waals surface area contributed by atoms with E-state index in [0.29, 0.717) is 18.4 Å². The van der Waals surface area contributed by atoms with Crippen LogP contribution in [0.3, 0.4) is 0 Å². The van der Waals surface area contributed by atoms with Gasteiger partial charge in [0, 0.05) is 12.0 Å². The molecule has 14 heavy (non-hydrogen) atoms. The second-order valence-corrected chi connectivity index (χ2v) is 3.28. The number of halogens is 2. The molecule has 0 aliphatic rings. The highest BCUT2D eigenvalue weighted by Crippen LogP contribution is 2.27. The Labute approximate surface area is 87.5 Å². The molecule has 1 rings (SSSR count). The van der Waals surface area contributed by atoms with Crippen LogP contribution < -0.4 is 0 Å². The minimum absolute atomic E-state index is 0.0305. The van der Waals surface area contributed by atoms with Gasteiger partial charge in [-0.05, 0) is 12.5 Å². The number of aliphatic hydroxyl groups excluding tert-OH is 1. The Morgan fingerprint density at radius 1 is 1.57 bits per heavy atom. The van der Waals surface area contributed by atoms with E-state index in [0.717, 1.165) is 0 Å². The van der Waals surface area contributed by atoms with Crippen molar-refractivity contribution in [3.63, 3.8) is 0 Å². The van der Waals surface area contributed by atoms with Crippen molar-refractivity contribution in [3.05, 3.63) is 34.6 Å². The predicted octanol–water partition coefficient (Wildman–Crippen LogP) is 2.93. The van der Waals surface area contributed by atoms with Gasteiger partial charge in [0.25, 0.3) is 0 Å². The maximum Gasteiger partial charge on any atom is 0.142 e. The van der Waals surface area contributed by atoms with Crippen molar-refractivity contribution in [2.75, 3.05) is 0 Å². The highest BCUT2D eigenvalue weighted by atomic mass is 35.5. The van der Waals surface area contributed by atoms with Gasteiger partial charge in [-0.1, -0.05) is 23.7 Å². The lowest BCUT2D eigenvalue weighted by Crippen LogP contribution is -1.99. The summed E-state index contributed by atoms with van der Waals surface area (Å²) in [5.41, 5.74) is 0.391. The number of aliphatic hydroxyl groups is 1. The van der Waals surface area contributed by atoms with E-state index in [9.17, 15) is 9.50 Å². The van der Waals surface area contributed by atoms with Crippen LogP contribution in [0.2, 0.25) is 5.02 Å². The van der Waals surface area contributed by atoms with Crippen molar-refractivity contribution in [2.24, 2.45) is 0 Å². The summed E-state index contributed by atoms with van der Waals surface area (Å²) in [5, 5.41) is 9.58. The SMILES string of the molecule is C#CCCC(O)c1cccc(F)c1Cl. The summed E-state index contributed by atoms with van der Waals surface area (Å²) in [5.74, 6) is 1.88. The lowest BCUT2D eigenvalue weighted by Gasteiger charge is -2.11. The van der Waals surface area contributed by atoms with E-state index < -0.39 is 11.9 Å². The molecule has 0 radical (unpaired) electrons. The fourth-order valence-corrected chi connectivity index (χ4v) is 1.41. The first kappa shape index (κ1) is 11.0. The van der Waals surface area contributed by atoms with Crippen LogP contribution in [0.25, 0.3) is 0 Å². The van der Waals surface area contributed by atoms with Crippen molar-refractivity contribution in [3.8, 4) is 12.3 Å². The highest BCUT2D eigenvalue weighted by Gasteiger charge is 2.13. The first-order chi connectivity index (χ1) is 6.66. The molecule has 0 amide bonds. The van der Waals surface area contributed by atoms with Gasteiger partial charge in [0.1, 0.15) is 5.82 Å². The van der Waals surface area contributed by atoms with Gasteiger partial charge >= 0.3 is 0 Å². The van der Waals surface area contributed by atoms with Gasteiger partial charge in [-0.2, -0.15) is 0 Å². The van der Waals surface area contributed by atoms with Crippen molar-refractivity contribution in [2.45, 2.75) is 18.9 Å². The molecule has 0 heterocycles. The first-order valence-corrected chi connectivity index (χ1v) is 4.60. The third kappa shape index (κ3) is 2.47. The molecule has 0 bridgehead atoms. The Kier molecular flexibility index (Phi) is 3.94. The Hall–Kier alpha value is -1.04. The molecule has 1 N–H and O–H groups in total. The van der Waals surface area contributed by atoms with Gasteiger partial charge in [0.05, 0.1) is 11.1 Å². The van der Waals surface area contributed by atoms with Gasteiger partial charge < -0.3 is 5.11 Å². The Bertz CT molecular complexity index is 357. The van der Waals surface area contributed by atoms with E-state index in [1.807, 2.05) is 0 Å². The summed E-state index contributed by atoms with van der Waals surface area (Å²) in [4.78, 5) is 0. The van der Waals surface area contributed by atoms with E-state index >= 15 is 0 Å². The lowest BCUT2D eigenvalue weighted by atomic mass is 10.1. The molecule has 3 heteroatoms. The van der Waals surface area contributed by atoms with E-state index in [4.69, 9.17) is 18.0 Å². The summed E-state index contributed by atoms with van der Waals surface area (Å²) in [7, 11) is 0. The summed E-state index contributed by atoms with van der Waals surface area (Å²) in [6.07, 6.45) is 5.08. The maximum atomic E-state index is 13.0. The van der Waals surface area contributed by atoms with Crippen molar-refractivity contribution < 1.29 is 9.50 Å². The van der Waals surface area contributed by atoms with Crippen molar-refractivity contribution in [1.82, 2.24) is 0 Å². The molecule has 1 aromatic carbocycles. The molecule has 0 fully saturated rings. The quantitative estimate of drug-likeness (QED) is 0.764. The second-order valence-electron chi connectivity index (χ2n) is 2.90. The zero-order valence-corrected chi connectivity index (χ0v) is 8.26. The molecule has 0 saturated carbocycles. The van der Waals surface area contributed by atoms with Crippen LogP contribution in [0, 0.1) is 18.2 Å². The molecule has 0 aliphatic carbocycles. The topological polar surface area (TPSA) is 20.2 Å². The van der Waals surface area contributed by atoms with Crippen molar-refractivity contribution in [1.29, 1.82) is 0 Å². The zero-order valence-electron chi connectivity index (χ0n) is 7.50. The molecule has 0 aromatic heterocycles. The number of rotatable bonds is 3. The zero-order chi connectivity index (χ0) is 10.6. The van der Waals surface area contributed by atoms with E-state index in [2.05, 4.69) is 5.92 Å². The molecule has 1 unspecified atom stereocenters. The van der Waals surface area contributed by atoms with E-state index in [1.54, 1.807) is 6.07 Å². The first-order valence-electron chi connectivity index (χ1n) is 4.22. The number of benzene rings is 1. The molecule has 1 nitrogen and oxygen atoms in total. The average molecular weight is 213 g/mol. The lowest BCUT2D eigenvalue weighted by molar-refractivity contribution is 0.169. The molecule has 74 valence electrons. The van der Waals surface area contributed by atoms with Crippen LogP contribution in [0.5, 0.6) is 0 Å². The minimum atomic E-state index is -0.797. The summed E-state index contributed by atoms with van der Waals surface area (Å²) >= 11 is 5.68. The van der Waals surface area contributed by atoms with Crippen LogP contribution in [-0.4, -0.2) is 5.11 Å². The molecule has 1 aromatic rings. The molecule has 0 aliphatic heterocycles. The van der Waals surface area contributed by atoms with Gasteiger partial charge in [0.15, 0.2) is 0 Å². The highest BCUT2D eigenvalue weighted by molar-refractivity contribution is 6.31. The summed E-state index contributed by atoms with van der Waals surface area (Å²) < 4.78 is 13.0. The second kappa shape index (κ2) is 4.99. The maximum absolute atomic E-state index is 13.0. The van der Waals surface area contributed by atoms with Crippen LogP contribution in [0.15, 0.2) is 18.2 Å². The average Bonchev–Trinajstić information content (AvgIpc) is 2.18. The fourth-order valence-electron chi connectivity index (χ4n) is 1.15. The van der Waals surface area contributed by atoms with E-state index in [1.165, 1.54) is 12.1 Å². The Morgan fingerprint density at radius 3 is 2.93 bits per heavy atom. The fraction of sp³-hybridized carbons (Fsp3) is 0.273. The number of hydrogen-bond acceptors (Lipinski definition) is 1. The largest absolute Gasteiger partial charge is 0.388 e. The molecule has 0 saturated heterocycles. The van der Waals surface area contributed by atoms with Crippen LogP contribution >= 0.6 is 11.6 Å². The van der Waals surface area contributed by atoms with Gasteiger partial charge in [-0.15, -0.1) is 12.3 Å². The summed E-state index contributed by atoms with van der Waals surface area (Å²) in [6.45, 7) is 0. The number of hydrogen-bond donors (Lipinski definition) is 1. The Morgan fingerprint density at radius 2 is 2.29 bits per heavy atom. The van der Waals surface area contributed by atoms with Gasteiger partial charge in [-0.25, -0.2) is 4.39 Å². The minimum Gasteiger partial charge on any atom is -0.388 e. The van der Waals surface area contributed by atoms with Gasteiger partial charge in [0.2, 0.25) is 0 Å². The standard InChI is InChI=1S/C11H10ClFO/c1-2-3-7-10(14)8-5-4-6-9(13)11(8)12/h1,4-6,10,14H,3,7H2. The smallest absolute Gasteiger partial charge is 0.142 e. The normalized spacial score (nSPS) is 12.1. The van der Waals surface area contributed by atoms with Crippen LogP contribution in [-0.2, 0) is 0 Å². The summed E-state index contributed by atoms with van der Waals surface area (Å²) in [6, 6.07) is 4.35. The van der Waals surface area contributed by atoms with Crippen LogP contribution in [0.4, 0.5) is 4.39 Å². The molecular formula is C11H10ClFO. The Balaban J connectivity index is 2.85. The third-order valence-corrected chi connectivity index (χ3v) is 2.30. The van der Waals surface area contributed by atoms with Crippen molar-refractivity contribution >= 4 is 11.6 Å². The third-order valence-electron chi connectivity index (χ3n) is 1.90. The van der Waals surface area contributed by atoms with Crippen LogP contribution in [0.1, 0.15) is 24.5 Å². The molecular weight excluding hydrogens is 203 g/mol. The molecule has 0 spiro atoms. The molecule has 1 atom stereocenters. The monoisotopic (exact) mass is 212 g/mol. The number of terminal acetylenes is 1. The predicted molar refractivity (Wildman–Crippen MR) is 54.4 cm³/mol. The van der Waals surface area contributed by atoms with E-state index in [-0.39, 0.29) is 5.02 Å².